The van der Waals surface area contributed by atoms with Crippen LogP contribution in [0, 0.1) is 0 Å². The summed E-state index contributed by atoms with van der Waals surface area (Å²) in [7, 11) is 0. The minimum Gasteiger partial charge on any atom is -0.401 e. The van der Waals surface area contributed by atoms with E-state index in [0.717, 1.165) is 16.9 Å². The van der Waals surface area contributed by atoms with Gasteiger partial charge in [-0.25, -0.2) is 10.8 Å². The van der Waals surface area contributed by atoms with Crippen LogP contribution in [0.1, 0.15) is 48.9 Å². The van der Waals surface area contributed by atoms with Crippen LogP contribution in [0.4, 0.5) is 0 Å². The molecule has 1 aliphatic rings. The highest BCUT2D eigenvalue weighted by Crippen LogP contribution is 2.40. The fourth-order valence-corrected chi connectivity index (χ4v) is 2.90. The van der Waals surface area contributed by atoms with Crippen molar-refractivity contribution in [1.29, 1.82) is 0 Å². The quantitative estimate of drug-likeness (QED) is 0.520. The molecule has 2 aromatic heterocycles. The number of pyridine rings is 1. The molecule has 0 radical (unpaired) electrons. The number of allylic oxidation sites excluding steroid dienone is 1. The summed E-state index contributed by atoms with van der Waals surface area (Å²) in [4.78, 5) is 15.8. The number of amides is 1. The van der Waals surface area contributed by atoms with Crippen LogP contribution in [0.3, 0.4) is 0 Å². The van der Waals surface area contributed by atoms with Crippen LogP contribution in [0.2, 0.25) is 0 Å². The highest BCUT2D eigenvalue weighted by atomic mass is 16.1. The minimum absolute atomic E-state index is 0.298. The molecule has 0 bridgehead atoms. The highest BCUT2D eigenvalue weighted by Gasteiger charge is 2.25. The Bertz CT molecular complexity index is 786. The molecule has 6 N–H and O–H groups in total. The van der Waals surface area contributed by atoms with Crippen LogP contribution in [-0.2, 0) is 17.8 Å². The number of fused-ring (bicyclic) bond motifs is 1. The predicted molar refractivity (Wildman–Crippen MR) is 92.4 cm³/mol. The Morgan fingerprint density at radius 1 is 1.42 bits per heavy atom. The van der Waals surface area contributed by atoms with Crippen LogP contribution in [0.5, 0.6) is 0 Å². The monoisotopic (exact) mass is 328 g/mol. The molecule has 7 nitrogen and oxygen atoms in total. The number of nitrogens with zero attached hydrogens (tertiary/aromatic N) is 3. The normalized spacial score (nSPS) is 15.0. The van der Waals surface area contributed by atoms with Gasteiger partial charge in [-0.1, -0.05) is 6.07 Å². The number of imidazole rings is 1. The van der Waals surface area contributed by atoms with Crippen molar-refractivity contribution in [3.05, 3.63) is 47.2 Å². The number of nitrogens with two attached hydrogens (primary N) is 3. The lowest BCUT2D eigenvalue weighted by atomic mass is 10.1. The van der Waals surface area contributed by atoms with Gasteiger partial charge in [0.05, 0.1) is 12.2 Å². The van der Waals surface area contributed by atoms with Crippen molar-refractivity contribution in [2.75, 3.05) is 0 Å². The number of rotatable bonds is 7. The van der Waals surface area contributed by atoms with Gasteiger partial charge in [0.1, 0.15) is 5.65 Å². The van der Waals surface area contributed by atoms with Crippen molar-refractivity contribution in [3.8, 4) is 0 Å². The van der Waals surface area contributed by atoms with Gasteiger partial charge in [0.15, 0.2) is 0 Å². The van der Waals surface area contributed by atoms with Crippen molar-refractivity contribution in [1.82, 2.24) is 14.4 Å². The van der Waals surface area contributed by atoms with Crippen molar-refractivity contribution < 1.29 is 4.79 Å². The van der Waals surface area contributed by atoms with E-state index in [1.54, 1.807) is 13.1 Å². The number of hydrazine groups is 1. The summed E-state index contributed by atoms with van der Waals surface area (Å²) in [6, 6.07) is 2.16. The first kappa shape index (κ1) is 16.3. The molecule has 1 amide bonds. The first-order valence-corrected chi connectivity index (χ1v) is 8.16. The van der Waals surface area contributed by atoms with Crippen molar-refractivity contribution in [3.63, 3.8) is 0 Å². The van der Waals surface area contributed by atoms with E-state index in [0.29, 0.717) is 31.0 Å². The number of hydrogen-bond donors (Lipinski definition) is 3. The summed E-state index contributed by atoms with van der Waals surface area (Å²) in [5, 5.41) is 1.52. The molecule has 1 fully saturated rings. The Morgan fingerprint density at radius 3 is 2.79 bits per heavy atom. The lowest BCUT2D eigenvalue weighted by Crippen LogP contribution is -2.25. The lowest BCUT2D eigenvalue weighted by Gasteiger charge is -2.11. The van der Waals surface area contributed by atoms with Gasteiger partial charge in [0, 0.05) is 30.7 Å². The molecule has 24 heavy (non-hydrogen) atoms. The van der Waals surface area contributed by atoms with Gasteiger partial charge >= 0.3 is 0 Å². The van der Waals surface area contributed by atoms with E-state index in [2.05, 4.69) is 17.2 Å². The summed E-state index contributed by atoms with van der Waals surface area (Å²) < 4.78 is 2.03. The van der Waals surface area contributed by atoms with Crippen LogP contribution in [0.25, 0.3) is 5.65 Å². The van der Waals surface area contributed by atoms with E-state index in [1.165, 1.54) is 23.4 Å². The molecular weight excluding hydrogens is 304 g/mol. The number of aryl methyl sites for hydroxylation is 1. The number of hydrogen-bond acceptors (Lipinski definition) is 5. The molecule has 0 aliphatic heterocycles. The van der Waals surface area contributed by atoms with Crippen LogP contribution in [0.15, 0.2) is 30.4 Å². The van der Waals surface area contributed by atoms with Crippen molar-refractivity contribution in [2.45, 2.75) is 45.1 Å². The third-order valence-corrected chi connectivity index (χ3v) is 4.10. The molecule has 0 spiro atoms. The Kier molecular flexibility index (Phi) is 4.44. The van der Waals surface area contributed by atoms with E-state index < -0.39 is 0 Å². The molecule has 0 unspecified atom stereocenters. The summed E-state index contributed by atoms with van der Waals surface area (Å²) in [6.45, 7) is 2.25. The molecule has 0 atom stereocenters. The van der Waals surface area contributed by atoms with Crippen LogP contribution in [-0.4, -0.2) is 20.3 Å². The maximum Gasteiger partial charge on any atom is 0.217 e. The van der Waals surface area contributed by atoms with Gasteiger partial charge in [-0.3, -0.25) is 4.79 Å². The first-order chi connectivity index (χ1) is 11.4. The molecule has 2 aromatic rings. The smallest absolute Gasteiger partial charge is 0.217 e. The average Bonchev–Trinajstić information content (AvgIpc) is 3.24. The molecule has 1 saturated carbocycles. The lowest BCUT2D eigenvalue weighted by molar-refractivity contribution is -0.117. The van der Waals surface area contributed by atoms with Crippen molar-refractivity contribution in [2.24, 2.45) is 17.3 Å². The first-order valence-electron chi connectivity index (χ1n) is 8.16. The second kappa shape index (κ2) is 6.52. The minimum atomic E-state index is -0.298. The zero-order valence-electron chi connectivity index (χ0n) is 13.9. The molecular formula is C17H24N6O. The summed E-state index contributed by atoms with van der Waals surface area (Å²) >= 11 is 0. The van der Waals surface area contributed by atoms with Gasteiger partial charge in [-0.05, 0) is 43.2 Å². The Hall–Kier alpha value is -2.54. The number of primary amides is 1. The topological polar surface area (TPSA) is 116 Å². The second-order valence-electron chi connectivity index (χ2n) is 6.55. The maximum atomic E-state index is 11.1. The van der Waals surface area contributed by atoms with Crippen molar-refractivity contribution >= 4 is 11.6 Å². The fraction of sp³-hybridized carbons (Fsp3) is 0.412. The fourth-order valence-electron chi connectivity index (χ4n) is 2.90. The number of carbonyl (C=O) groups excluding carboxylic acids is 1. The predicted octanol–water partition coefficient (Wildman–Crippen LogP) is 1.13. The summed E-state index contributed by atoms with van der Waals surface area (Å²) in [6.07, 6.45) is 9.15. The van der Waals surface area contributed by atoms with E-state index in [9.17, 15) is 4.79 Å². The second-order valence-corrected chi connectivity index (χ2v) is 6.55. The van der Waals surface area contributed by atoms with Crippen LogP contribution < -0.4 is 17.3 Å². The van der Waals surface area contributed by atoms with Gasteiger partial charge in [0.2, 0.25) is 5.91 Å². The zero-order valence-corrected chi connectivity index (χ0v) is 13.9. The maximum absolute atomic E-state index is 11.1. The van der Waals surface area contributed by atoms with Gasteiger partial charge in [0.25, 0.3) is 0 Å². The van der Waals surface area contributed by atoms with E-state index in [-0.39, 0.29) is 5.91 Å². The number of aromatic nitrogens is 2. The SMILES string of the molecule is C/C(N)=C/N(N)Cc1cn2cc(C3CC3)cc(CCC(N)=O)c2n1. The van der Waals surface area contributed by atoms with Gasteiger partial charge in [-0.2, -0.15) is 0 Å². The van der Waals surface area contributed by atoms with E-state index in [1.807, 2.05) is 10.6 Å². The summed E-state index contributed by atoms with van der Waals surface area (Å²) in [5.41, 5.74) is 15.6. The average molecular weight is 328 g/mol. The van der Waals surface area contributed by atoms with Crippen LogP contribution >= 0.6 is 0 Å². The molecule has 0 saturated heterocycles. The largest absolute Gasteiger partial charge is 0.401 e. The third kappa shape index (κ3) is 3.86. The molecule has 2 heterocycles. The van der Waals surface area contributed by atoms with Gasteiger partial charge in [-0.15, -0.1) is 0 Å². The molecule has 1 aliphatic carbocycles. The molecule has 7 heteroatoms. The number of carbonyl (C=O) groups is 1. The molecule has 3 rings (SSSR count). The molecule has 128 valence electrons. The van der Waals surface area contributed by atoms with E-state index in [4.69, 9.17) is 17.3 Å². The van der Waals surface area contributed by atoms with E-state index >= 15 is 0 Å². The zero-order chi connectivity index (χ0) is 17.3. The highest BCUT2D eigenvalue weighted by molar-refractivity contribution is 5.74. The Morgan fingerprint density at radius 2 is 2.17 bits per heavy atom. The Labute approximate surface area is 141 Å². The standard InChI is InChI=1S/C17H24N6O/c1-11(18)7-23(20)10-15-9-22-8-14(12-2-3-12)6-13(17(22)21-15)4-5-16(19)24/h6-9,12H,2-5,10,18,20H2,1H3,(H2,19,24)/b11-7-. The summed E-state index contributed by atoms with van der Waals surface area (Å²) in [5.74, 6) is 6.25. The Balaban J connectivity index is 1.92. The third-order valence-electron chi connectivity index (χ3n) is 4.10. The van der Waals surface area contributed by atoms with Gasteiger partial charge < -0.3 is 20.9 Å². The molecule has 0 aromatic carbocycles.